The van der Waals surface area contributed by atoms with Gasteiger partial charge in [-0.1, -0.05) is 27.7 Å². The maximum atomic E-state index is 12.3. The zero-order valence-corrected chi connectivity index (χ0v) is 16.2. The minimum Gasteiger partial charge on any atom is -0.465 e. The first-order valence-electron chi connectivity index (χ1n) is 5.92. The molecule has 1 rings (SSSR count). The number of rotatable bonds is 7. The average molecular weight is 556 g/mol. The second-order valence-corrected chi connectivity index (χ2v) is 4.69. The van der Waals surface area contributed by atoms with Crippen LogP contribution in [0.3, 0.4) is 0 Å². The van der Waals surface area contributed by atoms with Crippen LogP contribution < -0.4 is 0 Å². The zero-order valence-electron chi connectivity index (χ0n) is 11.1. The topological polar surface area (TPSA) is 75.1 Å². The summed E-state index contributed by atoms with van der Waals surface area (Å²) in [5.74, 6) is -0.274. The van der Waals surface area contributed by atoms with Crippen molar-refractivity contribution in [1.82, 2.24) is 0 Å². The van der Waals surface area contributed by atoms with Crippen LogP contribution >= 0.6 is 22.6 Å². The number of carbonyl (C=O) groups excluding carboxylic acids is 1. The van der Waals surface area contributed by atoms with Gasteiger partial charge in [0.05, 0.1) is 12.0 Å². The van der Waals surface area contributed by atoms with Crippen LogP contribution in [0.2, 0.25) is 0 Å². The van der Waals surface area contributed by atoms with Crippen molar-refractivity contribution in [1.29, 1.82) is 0 Å². The molecule has 1 aromatic carbocycles. The largest absolute Gasteiger partial charge is 0.465 e. The summed E-state index contributed by atoms with van der Waals surface area (Å²) in [4.78, 5) is 15.1. The van der Waals surface area contributed by atoms with Gasteiger partial charge >= 0.3 is 5.97 Å². The standard InChI is InChI=1S/C13H15IN3O2.W/c1-2-19-12(18)13(10-14,8-9-16-17-15)11-6-4-3-5-7-11;/h4-7H,2,8-10H2,1H3;/q-1;. The summed E-state index contributed by atoms with van der Waals surface area (Å²) < 4.78 is 5.76. The molecule has 0 heterocycles. The number of azide groups is 1. The monoisotopic (exact) mass is 556 g/mol. The Morgan fingerprint density at radius 2 is 2.20 bits per heavy atom. The van der Waals surface area contributed by atoms with E-state index in [4.69, 9.17) is 10.3 Å². The van der Waals surface area contributed by atoms with Crippen molar-refractivity contribution in [3.8, 4) is 0 Å². The number of benzene rings is 1. The third-order valence-corrected chi connectivity index (χ3v) is 4.17. The van der Waals surface area contributed by atoms with Gasteiger partial charge in [-0.2, -0.15) is 30.3 Å². The molecule has 0 fully saturated rings. The molecule has 1 atom stereocenters. The maximum absolute atomic E-state index is 12.3. The molecule has 7 heteroatoms. The number of halogens is 1. The van der Waals surface area contributed by atoms with Crippen LogP contribution in [-0.4, -0.2) is 23.5 Å². The van der Waals surface area contributed by atoms with E-state index in [0.717, 1.165) is 5.56 Å². The van der Waals surface area contributed by atoms with Crippen LogP contribution in [0.15, 0.2) is 29.4 Å². The Morgan fingerprint density at radius 3 is 2.70 bits per heavy atom. The van der Waals surface area contributed by atoms with Gasteiger partial charge in [0.2, 0.25) is 0 Å². The molecular weight excluding hydrogens is 541 g/mol. The van der Waals surface area contributed by atoms with Crippen LogP contribution in [0.1, 0.15) is 18.9 Å². The quantitative estimate of drug-likeness (QED) is 0.0983. The Balaban J connectivity index is 0.00000361. The smallest absolute Gasteiger partial charge is 0.315 e. The van der Waals surface area contributed by atoms with Crippen LogP contribution in [0.5, 0.6) is 0 Å². The Bertz CT molecular complexity index is 466. The van der Waals surface area contributed by atoms with E-state index in [-0.39, 0.29) is 33.6 Å². The summed E-state index contributed by atoms with van der Waals surface area (Å²) in [6.07, 6.45) is 0.433. The van der Waals surface area contributed by atoms with Crippen molar-refractivity contribution in [2.24, 2.45) is 5.11 Å². The van der Waals surface area contributed by atoms with E-state index in [1.54, 1.807) is 19.1 Å². The molecular formula is C13H15IN3O2W-. The van der Waals surface area contributed by atoms with Crippen LogP contribution in [0, 0.1) is 6.07 Å². The van der Waals surface area contributed by atoms with Crippen molar-refractivity contribution in [2.75, 3.05) is 17.6 Å². The minimum absolute atomic E-state index is 0. The minimum atomic E-state index is -0.764. The molecule has 1 unspecified atom stereocenters. The molecule has 0 saturated carbocycles. The molecule has 20 heavy (non-hydrogen) atoms. The van der Waals surface area contributed by atoms with Crippen molar-refractivity contribution in [3.05, 3.63) is 46.3 Å². The number of nitrogens with zero attached hydrogens (tertiary/aromatic N) is 3. The van der Waals surface area contributed by atoms with Crippen LogP contribution in [0.4, 0.5) is 0 Å². The fourth-order valence-corrected chi connectivity index (χ4v) is 2.96. The molecule has 0 aliphatic rings. The summed E-state index contributed by atoms with van der Waals surface area (Å²) in [6, 6.07) is 10.2. The maximum Gasteiger partial charge on any atom is 0.315 e. The SMILES string of the molecule is CCOC(=O)C(CI)(CCN=[N+]=[N-])c1cc[c-]cc1.[W]. The first-order valence-corrected chi connectivity index (χ1v) is 7.44. The molecule has 108 valence electrons. The van der Waals surface area contributed by atoms with Crippen molar-refractivity contribution in [3.63, 3.8) is 0 Å². The number of esters is 1. The summed E-state index contributed by atoms with van der Waals surface area (Å²) >= 11 is 2.17. The average Bonchev–Trinajstić information content (AvgIpc) is 2.45. The Kier molecular flexibility index (Phi) is 9.89. The second kappa shape index (κ2) is 10.2. The number of alkyl halides is 1. The van der Waals surface area contributed by atoms with Gasteiger partial charge in [-0.3, -0.25) is 4.79 Å². The first-order chi connectivity index (χ1) is 9.21. The number of ether oxygens (including phenoxy) is 1. The van der Waals surface area contributed by atoms with E-state index in [9.17, 15) is 4.79 Å². The van der Waals surface area contributed by atoms with E-state index >= 15 is 0 Å². The first kappa shape index (κ1) is 19.4. The van der Waals surface area contributed by atoms with Crippen molar-refractivity contribution in [2.45, 2.75) is 18.8 Å². The number of carbonyl (C=O) groups is 1. The van der Waals surface area contributed by atoms with Gasteiger partial charge in [0.1, 0.15) is 0 Å². The van der Waals surface area contributed by atoms with Crippen LogP contribution in [0.25, 0.3) is 10.4 Å². The van der Waals surface area contributed by atoms with E-state index in [1.165, 1.54) is 0 Å². The third-order valence-electron chi connectivity index (χ3n) is 2.87. The van der Waals surface area contributed by atoms with Gasteiger partial charge in [-0.15, -0.1) is 5.56 Å². The third kappa shape index (κ3) is 4.76. The molecule has 0 aromatic heterocycles. The van der Waals surface area contributed by atoms with Crippen molar-refractivity contribution >= 4 is 28.6 Å². The summed E-state index contributed by atoms with van der Waals surface area (Å²) in [5, 5.41) is 3.53. The summed E-state index contributed by atoms with van der Waals surface area (Å²) in [6.45, 7) is 2.37. The van der Waals surface area contributed by atoms with E-state index in [2.05, 4.69) is 38.7 Å². The van der Waals surface area contributed by atoms with Gasteiger partial charge in [0.15, 0.2) is 0 Å². The van der Waals surface area contributed by atoms with E-state index < -0.39 is 5.41 Å². The molecule has 0 spiro atoms. The normalized spacial score (nSPS) is 12.5. The van der Waals surface area contributed by atoms with Gasteiger partial charge in [0, 0.05) is 36.9 Å². The summed E-state index contributed by atoms with van der Waals surface area (Å²) in [5.41, 5.74) is 8.49. The fourth-order valence-electron chi connectivity index (χ4n) is 1.82. The molecule has 0 N–H and O–H groups in total. The van der Waals surface area contributed by atoms with E-state index in [0.29, 0.717) is 17.5 Å². The number of hydrogen-bond acceptors (Lipinski definition) is 3. The Hall–Kier alpha value is -0.582. The molecule has 0 bridgehead atoms. The Labute approximate surface area is 146 Å². The molecule has 0 radical (unpaired) electrons. The molecule has 0 aliphatic carbocycles. The zero-order chi connectivity index (χ0) is 14.1. The molecule has 0 amide bonds. The Morgan fingerprint density at radius 1 is 1.55 bits per heavy atom. The molecule has 0 aliphatic heterocycles. The van der Waals surface area contributed by atoms with Gasteiger partial charge in [0.25, 0.3) is 0 Å². The van der Waals surface area contributed by atoms with Crippen LogP contribution in [-0.2, 0) is 36.0 Å². The molecule has 5 nitrogen and oxygen atoms in total. The predicted octanol–water partition coefficient (Wildman–Crippen LogP) is 3.42. The van der Waals surface area contributed by atoms with Crippen molar-refractivity contribution < 1.29 is 30.6 Å². The van der Waals surface area contributed by atoms with E-state index in [1.807, 2.05) is 12.1 Å². The molecule has 0 saturated heterocycles. The summed E-state index contributed by atoms with van der Waals surface area (Å²) in [7, 11) is 0. The molecule has 1 aromatic rings. The number of hydrogen-bond donors (Lipinski definition) is 0. The fraction of sp³-hybridized carbons (Fsp3) is 0.462. The van der Waals surface area contributed by atoms with Gasteiger partial charge < -0.3 is 4.74 Å². The van der Waals surface area contributed by atoms with Gasteiger partial charge in [-0.25, -0.2) is 0 Å². The second-order valence-electron chi connectivity index (χ2n) is 3.93. The predicted molar refractivity (Wildman–Crippen MR) is 81.1 cm³/mol. The van der Waals surface area contributed by atoms with Gasteiger partial charge in [-0.05, 0) is 18.9 Å².